The van der Waals surface area contributed by atoms with Crippen molar-refractivity contribution in [3.05, 3.63) is 23.8 Å². The number of hydrogen-bond acceptors (Lipinski definition) is 3. The van der Waals surface area contributed by atoms with Gasteiger partial charge in [-0.25, -0.2) is 0 Å². The minimum atomic E-state index is -0.0995. The van der Waals surface area contributed by atoms with E-state index in [1.807, 2.05) is 19.1 Å². The first kappa shape index (κ1) is 12.2. The lowest BCUT2D eigenvalue weighted by Gasteiger charge is -2.26. The predicted octanol–water partition coefficient (Wildman–Crippen LogP) is 2.54. The number of nitrogen functional groups attached to an aromatic ring is 1. The molecule has 0 heterocycles. The van der Waals surface area contributed by atoms with Crippen LogP contribution in [-0.2, 0) is 0 Å². The summed E-state index contributed by atoms with van der Waals surface area (Å²) in [6.07, 6.45) is 4.15. The highest BCUT2D eigenvalue weighted by atomic mass is 16.3. The van der Waals surface area contributed by atoms with Gasteiger partial charge in [-0.2, -0.15) is 0 Å². The zero-order valence-electron chi connectivity index (χ0n) is 10.4. The van der Waals surface area contributed by atoms with Gasteiger partial charge in [-0.3, -0.25) is 0 Å². The average Bonchev–Trinajstić information content (AvgIpc) is 2.31. The fraction of sp³-hybridized carbons (Fsp3) is 0.571. The van der Waals surface area contributed by atoms with Crippen LogP contribution in [0.4, 0.5) is 11.4 Å². The van der Waals surface area contributed by atoms with Crippen LogP contribution < -0.4 is 11.1 Å². The van der Waals surface area contributed by atoms with Crippen molar-refractivity contribution in [1.82, 2.24) is 0 Å². The number of nitrogens with one attached hydrogen (secondary N) is 1. The first-order valence-corrected chi connectivity index (χ1v) is 6.44. The quantitative estimate of drug-likeness (QED) is 0.704. The average molecular weight is 234 g/mol. The molecule has 0 radical (unpaired) electrons. The van der Waals surface area contributed by atoms with Gasteiger partial charge in [0, 0.05) is 17.9 Å². The molecule has 0 amide bonds. The number of nitrogens with two attached hydrogens (primary N) is 1. The maximum atomic E-state index is 9.63. The topological polar surface area (TPSA) is 58.3 Å². The molecule has 3 heteroatoms. The van der Waals surface area contributed by atoms with Gasteiger partial charge < -0.3 is 16.2 Å². The van der Waals surface area contributed by atoms with Crippen molar-refractivity contribution in [3.8, 4) is 0 Å². The first-order valence-electron chi connectivity index (χ1n) is 6.44. The molecule has 4 N–H and O–H groups in total. The highest BCUT2D eigenvalue weighted by Crippen LogP contribution is 2.26. The molecule has 3 nitrogen and oxygen atoms in total. The van der Waals surface area contributed by atoms with Gasteiger partial charge in [0.05, 0.1) is 6.10 Å². The second-order valence-corrected chi connectivity index (χ2v) is 5.09. The Labute approximate surface area is 103 Å². The zero-order chi connectivity index (χ0) is 12.3. The molecule has 2 unspecified atom stereocenters. The van der Waals surface area contributed by atoms with Crippen molar-refractivity contribution in [2.45, 2.75) is 38.7 Å². The van der Waals surface area contributed by atoms with Gasteiger partial charge in [0.2, 0.25) is 0 Å². The van der Waals surface area contributed by atoms with Crippen LogP contribution in [0.15, 0.2) is 18.2 Å². The molecule has 0 bridgehead atoms. The van der Waals surface area contributed by atoms with Crippen molar-refractivity contribution in [2.75, 3.05) is 17.6 Å². The Hall–Kier alpha value is -1.22. The SMILES string of the molecule is Cc1c(N)cccc1NCC1CCCC(O)C1. The van der Waals surface area contributed by atoms with Crippen LogP contribution in [0.5, 0.6) is 0 Å². The molecule has 1 fully saturated rings. The van der Waals surface area contributed by atoms with Gasteiger partial charge >= 0.3 is 0 Å². The summed E-state index contributed by atoms with van der Waals surface area (Å²) < 4.78 is 0. The number of anilines is 2. The molecule has 0 saturated heterocycles. The lowest BCUT2D eigenvalue weighted by molar-refractivity contribution is 0.105. The third-order valence-electron chi connectivity index (χ3n) is 3.71. The van der Waals surface area contributed by atoms with Crippen molar-refractivity contribution in [3.63, 3.8) is 0 Å². The smallest absolute Gasteiger partial charge is 0.0543 e. The summed E-state index contributed by atoms with van der Waals surface area (Å²) in [5, 5.41) is 13.1. The molecule has 0 spiro atoms. The Morgan fingerprint density at radius 1 is 1.41 bits per heavy atom. The minimum Gasteiger partial charge on any atom is -0.398 e. The van der Waals surface area contributed by atoms with Crippen LogP contribution in [0.3, 0.4) is 0 Å². The van der Waals surface area contributed by atoms with Gasteiger partial charge in [0.25, 0.3) is 0 Å². The molecule has 94 valence electrons. The Kier molecular flexibility index (Phi) is 3.89. The molecule has 1 aromatic carbocycles. The third-order valence-corrected chi connectivity index (χ3v) is 3.71. The van der Waals surface area contributed by atoms with Crippen LogP contribution in [0, 0.1) is 12.8 Å². The summed E-state index contributed by atoms with van der Waals surface area (Å²) in [4.78, 5) is 0. The van der Waals surface area contributed by atoms with Crippen molar-refractivity contribution in [1.29, 1.82) is 0 Å². The van der Waals surface area contributed by atoms with E-state index in [4.69, 9.17) is 5.73 Å². The highest BCUT2D eigenvalue weighted by molar-refractivity contribution is 5.62. The van der Waals surface area contributed by atoms with Gasteiger partial charge in [-0.1, -0.05) is 12.5 Å². The van der Waals surface area contributed by atoms with Gasteiger partial charge in [-0.15, -0.1) is 0 Å². The molecule has 1 saturated carbocycles. The van der Waals surface area contributed by atoms with E-state index in [9.17, 15) is 5.11 Å². The summed E-state index contributed by atoms with van der Waals surface area (Å²) in [7, 11) is 0. The number of hydrogen-bond donors (Lipinski definition) is 3. The fourth-order valence-electron chi connectivity index (χ4n) is 2.55. The minimum absolute atomic E-state index is 0.0995. The summed E-state index contributed by atoms with van der Waals surface area (Å²) >= 11 is 0. The van der Waals surface area contributed by atoms with E-state index in [1.54, 1.807) is 0 Å². The van der Waals surface area contributed by atoms with E-state index >= 15 is 0 Å². The van der Waals surface area contributed by atoms with Crippen molar-refractivity contribution in [2.24, 2.45) is 5.92 Å². The van der Waals surface area contributed by atoms with Gasteiger partial charge in [0.15, 0.2) is 0 Å². The highest BCUT2D eigenvalue weighted by Gasteiger charge is 2.19. The Balaban J connectivity index is 1.91. The lowest BCUT2D eigenvalue weighted by atomic mass is 9.87. The van der Waals surface area contributed by atoms with Crippen LogP contribution in [0.25, 0.3) is 0 Å². The summed E-state index contributed by atoms with van der Waals surface area (Å²) in [5.41, 5.74) is 8.93. The second-order valence-electron chi connectivity index (χ2n) is 5.09. The molecule has 1 aliphatic rings. The Bertz CT molecular complexity index is 378. The van der Waals surface area contributed by atoms with Gasteiger partial charge in [-0.05, 0) is 49.8 Å². The molecule has 2 atom stereocenters. The lowest BCUT2D eigenvalue weighted by Crippen LogP contribution is -2.25. The standard InChI is InChI=1S/C14H22N2O/c1-10-13(15)6-3-7-14(10)16-9-11-4-2-5-12(17)8-11/h3,6-7,11-12,16-17H,2,4-5,8-9,15H2,1H3. The number of benzene rings is 1. The largest absolute Gasteiger partial charge is 0.398 e. The summed E-state index contributed by atoms with van der Waals surface area (Å²) in [6.45, 7) is 2.97. The predicted molar refractivity (Wildman–Crippen MR) is 72.0 cm³/mol. The van der Waals surface area contributed by atoms with E-state index in [1.165, 1.54) is 6.42 Å². The molecule has 2 rings (SSSR count). The second kappa shape index (κ2) is 5.41. The number of aliphatic hydroxyl groups is 1. The normalized spacial score (nSPS) is 24.6. The Morgan fingerprint density at radius 2 is 2.24 bits per heavy atom. The monoisotopic (exact) mass is 234 g/mol. The molecule has 1 aromatic rings. The van der Waals surface area contributed by atoms with Crippen LogP contribution in [-0.4, -0.2) is 17.8 Å². The van der Waals surface area contributed by atoms with E-state index in [0.29, 0.717) is 5.92 Å². The fourth-order valence-corrected chi connectivity index (χ4v) is 2.55. The van der Waals surface area contributed by atoms with Crippen LogP contribution in [0.1, 0.15) is 31.2 Å². The maximum absolute atomic E-state index is 9.63. The van der Waals surface area contributed by atoms with E-state index in [2.05, 4.69) is 11.4 Å². The molecular weight excluding hydrogens is 212 g/mol. The summed E-state index contributed by atoms with van der Waals surface area (Å²) in [6, 6.07) is 5.95. The summed E-state index contributed by atoms with van der Waals surface area (Å²) in [5.74, 6) is 0.583. The van der Waals surface area contributed by atoms with Crippen LogP contribution in [0.2, 0.25) is 0 Å². The van der Waals surface area contributed by atoms with Crippen molar-refractivity contribution >= 4 is 11.4 Å². The molecule has 1 aliphatic carbocycles. The molecule has 0 aliphatic heterocycles. The number of aliphatic hydroxyl groups excluding tert-OH is 1. The van der Waals surface area contributed by atoms with E-state index < -0.39 is 0 Å². The first-order chi connectivity index (χ1) is 8.16. The van der Waals surface area contributed by atoms with Crippen molar-refractivity contribution < 1.29 is 5.11 Å². The third kappa shape index (κ3) is 3.13. The zero-order valence-corrected chi connectivity index (χ0v) is 10.4. The Morgan fingerprint density at radius 3 is 3.00 bits per heavy atom. The maximum Gasteiger partial charge on any atom is 0.0543 e. The number of rotatable bonds is 3. The van der Waals surface area contributed by atoms with Crippen LogP contribution >= 0.6 is 0 Å². The van der Waals surface area contributed by atoms with E-state index in [0.717, 1.165) is 42.7 Å². The van der Waals surface area contributed by atoms with Gasteiger partial charge in [0.1, 0.15) is 0 Å². The molecular formula is C14H22N2O. The molecule has 0 aromatic heterocycles. The van der Waals surface area contributed by atoms with E-state index in [-0.39, 0.29) is 6.10 Å². The molecule has 17 heavy (non-hydrogen) atoms.